The molecule has 78 valence electrons. The van der Waals surface area contributed by atoms with Gasteiger partial charge in [-0.3, -0.25) is 0 Å². The summed E-state index contributed by atoms with van der Waals surface area (Å²) in [4.78, 5) is 0. The van der Waals surface area contributed by atoms with Crippen molar-refractivity contribution in [3.63, 3.8) is 0 Å². The Labute approximate surface area is 204 Å². The van der Waals surface area contributed by atoms with Crippen LogP contribution in [0.15, 0.2) is 0 Å². The molecule has 0 saturated carbocycles. The van der Waals surface area contributed by atoms with Gasteiger partial charge in [-0.1, -0.05) is 0 Å². The van der Waals surface area contributed by atoms with Crippen molar-refractivity contribution in [3.05, 3.63) is 0 Å². The van der Waals surface area contributed by atoms with Gasteiger partial charge in [0.05, 0.1) is 0 Å². The monoisotopic (exact) mass is 332 g/mol. The first kappa shape index (κ1) is 27.1. The Morgan fingerprint density at radius 2 is 0.857 bits per heavy atom. The second-order valence-corrected chi connectivity index (χ2v) is 12.2. The van der Waals surface area contributed by atoms with E-state index < -0.39 is 10.2 Å². The van der Waals surface area contributed by atoms with Crippen LogP contribution in [0.1, 0.15) is 0 Å². The topological polar surface area (TPSA) is 209 Å². The fraction of sp³-hybridized carbons (Fsp3) is 0. The zero-order valence-corrected chi connectivity index (χ0v) is 6.78. The predicted molar refractivity (Wildman–Crippen MR) is 50.1 cm³/mol. The van der Waals surface area contributed by atoms with Crippen LogP contribution >= 0.6 is 0 Å². The Hall–Kier alpha value is 4.72. The summed E-state index contributed by atoms with van der Waals surface area (Å²) in [6.07, 6.45) is 0. The van der Waals surface area contributed by atoms with Crippen molar-refractivity contribution < 1.29 is 25.6 Å². The normalized spacial score (nSPS) is 21.6. The molecule has 0 aromatic heterocycles. The Balaban J connectivity index is -0.000000167. The molecule has 0 aromatic rings. The number of nitrogens with two attached hydrogens (primary N) is 6. The van der Waals surface area contributed by atoms with Crippen LogP contribution in [0.25, 0.3) is 0 Å². The molecule has 0 rings (SSSR count). The van der Waals surface area contributed by atoms with E-state index in [2.05, 4.69) is 38.4 Å². The molecule has 0 fully saturated rings. The second-order valence-electron chi connectivity index (χ2n) is 2.96. The van der Waals surface area contributed by atoms with Gasteiger partial charge >= 0.3 is 210 Å². The predicted octanol–water partition coefficient (Wildman–Crippen LogP) is -5.87. The molecule has 12 N–H and O–H groups in total. The Morgan fingerprint density at radius 3 is 0.857 bits per heavy atom. The fourth-order valence-electron chi connectivity index (χ4n) is 0.0227. The minimum atomic E-state index is -9.13. The minimum absolute atomic E-state index is 0. The summed E-state index contributed by atoms with van der Waals surface area (Å²) < 4.78 is 46.1. The average molecular weight is 332 g/mol. The zero-order chi connectivity index (χ0) is 9.77. The number of hydrogen-bond donors (Lipinski definition) is 6. The van der Waals surface area contributed by atoms with E-state index >= 15 is 0 Å². The molecule has 0 atom stereocenters. The van der Waals surface area contributed by atoms with Gasteiger partial charge in [0.25, 0.3) is 0 Å². The van der Waals surface area contributed by atoms with Crippen LogP contribution in [0.5, 0.6) is 0 Å². The van der Waals surface area contributed by atoms with Gasteiger partial charge in [-0.25, -0.2) is 0 Å². The third-order valence-electron chi connectivity index (χ3n) is 0.680. The van der Waals surface area contributed by atoms with Crippen molar-refractivity contribution in [3.8, 4) is 0 Å². The SMILES string of the molecule is N[O][Cr]([NH2])([NH2])([NH2])([NH2])(=[O])(=[O])[O]N.[KH].[KH].[KH]. The molecule has 0 saturated heterocycles. The van der Waals surface area contributed by atoms with E-state index in [-0.39, 0.29) is 154 Å². The number of hydrogen-bond acceptors (Lipinski definition) is 6. The summed E-state index contributed by atoms with van der Waals surface area (Å²) in [6.45, 7) is 0. The molecule has 14 heavy (non-hydrogen) atoms. The Bertz CT molecular complexity index is 408. The first-order valence-corrected chi connectivity index (χ1v) is 7.11. The molecule has 0 aromatic carbocycles. The maximum absolute atomic E-state index is 11.2. The third-order valence-corrected chi connectivity index (χ3v) is 2.80. The Morgan fingerprint density at radius 1 is 0.714 bits per heavy atom. The van der Waals surface area contributed by atoms with Gasteiger partial charge in [-0.05, 0) is 0 Å². The van der Waals surface area contributed by atoms with E-state index in [0.717, 1.165) is 0 Å². The van der Waals surface area contributed by atoms with Crippen LogP contribution in [0.2, 0.25) is 0 Å². The van der Waals surface area contributed by atoms with Gasteiger partial charge in [0.1, 0.15) is 0 Å². The summed E-state index contributed by atoms with van der Waals surface area (Å²) in [5.74, 6) is 8.38. The van der Waals surface area contributed by atoms with Gasteiger partial charge in [-0.15, -0.1) is 0 Å². The van der Waals surface area contributed by atoms with Gasteiger partial charge in [0.15, 0.2) is 0 Å². The first-order chi connectivity index (χ1) is 4.04. The average Bonchev–Trinajstić information content (AvgIpc) is 1.65. The second kappa shape index (κ2) is 4.11. The molecule has 0 radical (unpaired) electrons. The molecular formula is H15CrK3N6O4. The summed E-state index contributed by atoms with van der Waals surface area (Å²) >= 11 is 0. The van der Waals surface area contributed by atoms with Crippen molar-refractivity contribution in [2.24, 2.45) is 30.7 Å². The molecule has 14 heteroatoms. The van der Waals surface area contributed by atoms with E-state index in [1.807, 2.05) is 0 Å². The van der Waals surface area contributed by atoms with Crippen molar-refractivity contribution in [1.82, 2.24) is 0 Å². The van der Waals surface area contributed by atoms with Crippen LogP contribution in [0, 0.1) is 0 Å². The van der Waals surface area contributed by atoms with Gasteiger partial charge in [0, 0.05) is 0 Å². The molecular weight excluding hydrogens is 317 g/mol. The van der Waals surface area contributed by atoms with E-state index in [0.29, 0.717) is 0 Å². The van der Waals surface area contributed by atoms with Gasteiger partial charge in [-0.2, -0.15) is 0 Å². The van der Waals surface area contributed by atoms with Crippen LogP contribution < -0.4 is 30.7 Å². The van der Waals surface area contributed by atoms with Crippen LogP contribution in [0.4, 0.5) is 0 Å². The van der Waals surface area contributed by atoms with Crippen LogP contribution in [0.3, 0.4) is 0 Å². The summed E-state index contributed by atoms with van der Waals surface area (Å²) in [7, 11) is -9.13. The van der Waals surface area contributed by atoms with E-state index in [4.69, 9.17) is 0 Å². The standard InChI is InChI=1S/Cr.3K.2H2NO.4H2N.2O.3H/c;;;;2*1-2;;;;;;;;;/h;;;;2*1H2;4*1H2;;;;;/q+6;;;;6*-1;;;;;. The molecule has 0 aliphatic rings. The number of rotatable bonds is 2. The first-order valence-electron chi connectivity index (χ1n) is 2.08. The van der Waals surface area contributed by atoms with E-state index in [1.54, 1.807) is 0 Å². The van der Waals surface area contributed by atoms with Crippen molar-refractivity contribution in [2.45, 2.75) is 0 Å². The van der Waals surface area contributed by atoms with Gasteiger partial charge in [0.2, 0.25) is 0 Å². The summed E-state index contributed by atoms with van der Waals surface area (Å²) in [5.41, 5.74) is 0. The van der Waals surface area contributed by atoms with Crippen molar-refractivity contribution >= 4 is 154 Å². The van der Waals surface area contributed by atoms with Crippen LogP contribution in [-0.2, 0) is 25.6 Å². The van der Waals surface area contributed by atoms with Crippen molar-refractivity contribution in [2.75, 3.05) is 0 Å². The zero-order valence-electron chi connectivity index (χ0n) is 5.51. The van der Waals surface area contributed by atoms with Crippen molar-refractivity contribution in [1.29, 1.82) is 0 Å². The Kier molecular flexibility index (Phi) is 7.96. The molecule has 0 aliphatic heterocycles. The molecule has 0 heterocycles. The molecule has 0 bridgehead atoms. The maximum atomic E-state index is 11.2. The van der Waals surface area contributed by atoms with E-state index in [9.17, 15) is 7.61 Å². The molecule has 0 unspecified atom stereocenters. The molecule has 0 amide bonds. The summed E-state index contributed by atoms with van der Waals surface area (Å²) in [5, 5.41) is 0. The van der Waals surface area contributed by atoms with Gasteiger partial charge < -0.3 is 0 Å². The third kappa shape index (κ3) is 11.8. The quantitative estimate of drug-likeness (QED) is 0.208. The van der Waals surface area contributed by atoms with Crippen LogP contribution in [-0.4, -0.2) is 154 Å². The molecule has 10 nitrogen and oxygen atoms in total. The molecule has 0 aliphatic carbocycles. The van der Waals surface area contributed by atoms with E-state index in [1.165, 1.54) is 0 Å². The fourth-order valence-corrected chi connectivity index (χ4v) is 0.0935. The summed E-state index contributed by atoms with van der Waals surface area (Å²) in [6, 6.07) is 0. The molecule has 0 spiro atoms.